The number of rotatable bonds is 20. The van der Waals surface area contributed by atoms with Crippen LogP contribution in [0.4, 0.5) is 34.1 Å². The lowest BCUT2D eigenvalue weighted by atomic mass is 9.92. The molecule has 13 nitrogen and oxygen atoms in total. The summed E-state index contributed by atoms with van der Waals surface area (Å²) in [5.74, 6) is 1.43. The van der Waals surface area contributed by atoms with Crippen LogP contribution in [0.2, 0.25) is 0 Å². The summed E-state index contributed by atoms with van der Waals surface area (Å²) in [4.78, 5) is 33.7. The van der Waals surface area contributed by atoms with Gasteiger partial charge in [-0.2, -0.15) is 0 Å². The first-order valence-corrected chi connectivity index (χ1v) is 20.3. The van der Waals surface area contributed by atoms with Crippen LogP contribution in [0.3, 0.4) is 0 Å². The van der Waals surface area contributed by atoms with E-state index in [0.717, 1.165) is 120 Å². The van der Waals surface area contributed by atoms with Crippen LogP contribution in [-0.2, 0) is 12.8 Å². The van der Waals surface area contributed by atoms with E-state index in [0.29, 0.717) is 37.1 Å². The fourth-order valence-corrected chi connectivity index (χ4v) is 7.47. The lowest BCUT2D eigenvalue weighted by molar-refractivity contribution is 0.0946. The van der Waals surface area contributed by atoms with Crippen LogP contribution in [0.1, 0.15) is 55.8 Å². The number of fused-ring (bicyclic) bond motifs is 4. The standard InChI is InChI=1S/C45H61N9O4/c1-52(2)24-20-46-40-16-12-34(42-36(40)28-30-26-32(57-6)10-14-38(30)50-42)44(55)48-18-8-22-54(5)23-9-19-49-45(56)35-13-17-41(47-21-25-53(3)4)37-29-31-27-33(58-7)11-15-39(31)51-43(35)37/h10-17,26-27,46-47,50-51H,8-9,18-25,28-29H2,1-7H3,(H,48,55)(H,49,56). The molecule has 0 aliphatic carbocycles. The first-order chi connectivity index (χ1) is 28.0. The number of carbonyl (C=O) groups excluding carboxylic acids is 2. The molecule has 4 aromatic rings. The Labute approximate surface area is 343 Å². The molecule has 2 aliphatic rings. The Balaban J connectivity index is 0.989. The van der Waals surface area contributed by atoms with Gasteiger partial charge in [-0.3, -0.25) is 9.59 Å². The Morgan fingerprint density at radius 1 is 0.586 bits per heavy atom. The maximum Gasteiger partial charge on any atom is 0.253 e. The Bertz CT molecular complexity index is 1920. The molecule has 4 aromatic carbocycles. The molecule has 0 fully saturated rings. The number of carbonyl (C=O) groups is 2. The fourth-order valence-electron chi connectivity index (χ4n) is 7.47. The summed E-state index contributed by atoms with van der Waals surface area (Å²) >= 11 is 0. The number of anilines is 6. The SMILES string of the molecule is COc1ccc2c(c1)Cc1c(NCCN(C)C)ccc(C(=O)NCCCN(C)CCCNC(=O)c3ccc(NCCN(C)C)c4c3Nc3ccc(OC)cc3C4)c1N2. The molecule has 0 unspecified atom stereocenters. The van der Waals surface area contributed by atoms with Crippen molar-refractivity contribution < 1.29 is 19.1 Å². The summed E-state index contributed by atoms with van der Waals surface area (Å²) < 4.78 is 11.0. The lowest BCUT2D eigenvalue weighted by Crippen LogP contribution is -2.31. The zero-order chi connectivity index (χ0) is 41.2. The van der Waals surface area contributed by atoms with Crippen molar-refractivity contribution in [2.45, 2.75) is 25.7 Å². The van der Waals surface area contributed by atoms with Gasteiger partial charge in [-0.05, 0) is 133 Å². The molecule has 310 valence electrons. The molecular weight excluding hydrogens is 731 g/mol. The minimum Gasteiger partial charge on any atom is -0.497 e. The normalized spacial score (nSPS) is 12.4. The van der Waals surface area contributed by atoms with Gasteiger partial charge in [0, 0.05) is 86.0 Å². The predicted octanol–water partition coefficient (Wildman–Crippen LogP) is 5.82. The van der Waals surface area contributed by atoms with Gasteiger partial charge in [-0.15, -0.1) is 0 Å². The van der Waals surface area contributed by atoms with E-state index in [1.165, 1.54) is 0 Å². The minimum absolute atomic E-state index is 0.0943. The number of ether oxygens (including phenoxy) is 2. The van der Waals surface area contributed by atoms with Gasteiger partial charge in [0.05, 0.1) is 36.7 Å². The molecule has 0 radical (unpaired) electrons. The van der Waals surface area contributed by atoms with Gasteiger partial charge >= 0.3 is 0 Å². The molecule has 0 saturated heterocycles. The summed E-state index contributed by atoms with van der Waals surface area (Å²) in [6, 6.07) is 19.9. The average Bonchev–Trinajstić information content (AvgIpc) is 3.21. The quantitative estimate of drug-likeness (QED) is 0.0523. The number of hydrogen-bond acceptors (Lipinski definition) is 11. The van der Waals surface area contributed by atoms with E-state index < -0.39 is 0 Å². The molecule has 2 amide bonds. The highest BCUT2D eigenvalue weighted by molar-refractivity contribution is 6.04. The topological polar surface area (TPSA) is 134 Å². The second-order valence-corrected chi connectivity index (χ2v) is 15.7. The Morgan fingerprint density at radius 3 is 1.41 bits per heavy atom. The van der Waals surface area contributed by atoms with Crippen molar-refractivity contribution in [3.63, 3.8) is 0 Å². The van der Waals surface area contributed by atoms with Gasteiger partial charge in [-0.1, -0.05) is 0 Å². The minimum atomic E-state index is -0.0943. The molecule has 58 heavy (non-hydrogen) atoms. The molecule has 0 spiro atoms. The third-order valence-electron chi connectivity index (χ3n) is 10.7. The first kappa shape index (κ1) is 42.1. The van der Waals surface area contributed by atoms with Crippen LogP contribution in [0.5, 0.6) is 11.5 Å². The summed E-state index contributed by atoms with van der Waals surface area (Å²) in [6.07, 6.45) is 2.99. The van der Waals surface area contributed by atoms with Crippen molar-refractivity contribution in [3.8, 4) is 11.5 Å². The summed E-state index contributed by atoms with van der Waals surface area (Å²) in [6.45, 7) is 6.13. The number of nitrogens with zero attached hydrogens (tertiary/aromatic N) is 3. The van der Waals surface area contributed by atoms with Crippen LogP contribution < -0.4 is 41.4 Å². The highest BCUT2D eigenvalue weighted by atomic mass is 16.5. The van der Waals surface area contributed by atoms with Gasteiger partial charge in [0.25, 0.3) is 11.8 Å². The predicted molar refractivity (Wildman–Crippen MR) is 237 cm³/mol. The van der Waals surface area contributed by atoms with Crippen molar-refractivity contribution >= 4 is 45.9 Å². The molecule has 0 saturated carbocycles. The monoisotopic (exact) mass is 791 g/mol. The van der Waals surface area contributed by atoms with Crippen LogP contribution in [-0.4, -0.2) is 128 Å². The molecule has 0 aromatic heterocycles. The molecule has 2 heterocycles. The molecule has 6 rings (SSSR count). The molecule has 6 N–H and O–H groups in total. The van der Waals surface area contributed by atoms with Crippen LogP contribution >= 0.6 is 0 Å². The first-order valence-electron chi connectivity index (χ1n) is 20.3. The van der Waals surface area contributed by atoms with E-state index in [2.05, 4.69) is 94.0 Å². The Hall–Kier alpha value is -5.50. The summed E-state index contributed by atoms with van der Waals surface area (Å²) in [5, 5.41) is 20.6. The third-order valence-corrected chi connectivity index (χ3v) is 10.7. The van der Waals surface area contributed by atoms with Gasteiger partial charge in [0.2, 0.25) is 0 Å². The lowest BCUT2D eigenvalue weighted by Gasteiger charge is -2.27. The number of likely N-dealkylation sites (N-methyl/N-ethyl adjacent to an activating group) is 2. The fraction of sp³-hybridized carbons (Fsp3) is 0.422. The number of benzene rings is 4. The number of amides is 2. The smallest absolute Gasteiger partial charge is 0.253 e. The number of methoxy groups -OCH3 is 2. The van der Waals surface area contributed by atoms with Gasteiger partial charge in [0.15, 0.2) is 0 Å². The molecule has 0 atom stereocenters. The Morgan fingerprint density at radius 2 is 1.02 bits per heavy atom. The highest BCUT2D eigenvalue weighted by Crippen LogP contribution is 2.42. The van der Waals surface area contributed by atoms with Crippen LogP contribution in [0, 0.1) is 0 Å². The zero-order valence-electron chi connectivity index (χ0n) is 35.2. The molecule has 0 bridgehead atoms. The van der Waals surface area contributed by atoms with Crippen molar-refractivity contribution in [2.75, 3.05) is 123 Å². The second-order valence-electron chi connectivity index (χ2n) is 15.7. The largest absolute Gasteiger partial charge is 0.497 e. The van der Waals surface area contributed by atoms with Crippen molar-refractivity contribution in [1.29, 1.82) is 0 Å². The van der Waals surface area contributed by atoms with Crippen molar-refractivity contribution in [1.82, 2.24) is 25.3 Å². The van der Waals surface area contributed by atoms with Crippen molar-refractivity contribution in [3.05, 3.63) is 94.0 Å². The third kappa shape index (κ3) is 10.5. The highest BCUT2D eigenvalue weighted by Gasteiger charge is 2.26. The van der Waals surface area contributed by atoms with E-state index in [9.17, 15) is 9.59 Å². The van der Waals surface area contributed by atoms with E-state index >= 15 is 0 Å². The van der Waals surface area contributed by atoms with Gasteiger partial charge in [0.1, 0.15) is 11.5 Å². The number of hydrogen-bond donors (Lipinski definition) is 6. The van der Waals surface area contributed by atoms with E-state index in [1.807, 2.05) is 48.5 Å². The van der Waals surface area contributed by atoms with Gasteiger partial charge in [-0.25, -0.2) is 0 Å². The number of nitrogens with one attached hydrogen (secondary N) is 6. The van der Waals surface area contributed by atoms with Crippen molar-refractivity contribution in [2.24, 2.45) is 0 Å². The van der Waals surface area contributed by atoms with E-state index in [-0.39, 0.29) is 11.8 Å². The summed E-state index contributed by atoms with van der Waals surface area (Å²) in [5.41, 5.74) is 11.4. The molecular formula is C45H61N9O4. The van der Waals surface area contributed by atoms with Gasteiger partial charge < -0.3 is 56.1 Å². The van der Waals surface area contributed by atoms with Crippen LogP contribution in [0.25, 0.3) is 0 Å². The molecule has 13 heteroatoms. The second kappa shape index (κ2) is 19.8. The van der Waals surface area contributed by atoms with E-state index in [1.54, 1.807) is 14.2 Å². The van der Waals surface area contributed by atoms with E-state index in [4.69, 9.17) is 9.47 Å². The maximum atomic E-state index is 13.6. The maximum absolute atomic E-state index is 13.6. The molecule has 2 aliphatic heterocycles. The van der Waals surface area contributed by atoms with Crippen LogP contribution in [0.15, 0.2) is 60.7 Å². The Kier molecular flexibility index (Phi) is 14.4. The average molecular weight is 792 g/mol. The zero-order valence-corrected chi connectivity index (χ0v) is 35.2. The summed E-state index contributed by atoms with van der Waals surface area (Å²) in [7, 11) is 13.7.